The molecule has 2 saturated carbocycles. The van der Waals surface area contributed by atoms with Gasteiger partial charge in [0.25, 0.3) is 0 Å². The van der Waals surface area contributed by atoms with E-state index in [0.29, 0.717) is 0 Å². The Labute approximate surface area is 128 Å². The van der Waals surface area contributed by atoms with Crippen molar-refractivity contribution in [1.82, 2.24) is 9.97 Å². The van der Waals surface area contributed by atoms with Crippen molar-refractivity contribution in [3.8, 4) is 0 Å². The van der Waals surface area contributed by atoms with Gasteiger partial charge in [0.15, 0.2) is 0 Å². The van der Waals surface area contributed by atoms with Crippen LogP contribution in [0.5, 0.6) is 0 Å². The molecule has 4 nitrogen and oxygen atoms in total. The van der Waals surface area contributed by atoms with Crippen LogP contribution in [0.3, 0.4) is 0 Å². The summed E-state index contributed by atoms with van der Waals surface area (Å²) < 4.78 is 0. The van der Waals surface area contributed by atoms with Gasteiger partial charge in [-0.2, -0.15) is 0 Å². The number of hydrogen-bond acceptors (Lipinski definition) is 4. The van der Waals surface area contributed by atoms with Gasteiger partial charge in [-0.25, -0.2) is 9.97 Å². The Balaban J connectivity index is 1.71. The number of nitrogens with zero attached hydrogens (tertiary/aromatic N) is 2. The minimum absolute atomic E-state index is 0.868. The topological polar surface area (TPSA) is 49.8 Å². The van der Waals surface area contributed by atoms with Gasteiger partial charge in [0.1, 0.15) is 17.5 Å². The lowest BCUT2D eigenvalue weighted by Gasteiger charge is -2.19. The van der Waals surface area contributed by atoms with Gasteiger partial charge in [-0.1, -0.05) is 6.92 Å². The Kier molecular flexibility index (Phi) is 4.32. The zero-order chi connectivity index (χ0) is 14.8. The number of nitrogens with one attached hydrogen (secondary N) is 2. The molecule has 0 saturated heterocycles. The fourth-order valence-corrected chi connectivity index (χ4v) is 3.30. The molecule has 0 radical (unpaired) electrons. The third-order valence-electron chi connectivity index (χ3n) is 4.86. The molecule has 0 spiro atoms. The summed E-state index contributed by atoms with van der Waals surface area (Å²) in [6.07, 6.45) is 7.78. The predicted molar refractivity (Wildman–Crippen MR) is 87.7 cm³/mol. The van der Waals surface area contributed by atoms with Gasteiger partial charge in [0.2, 0.25) is 0 Å². The second kappa shape index (κ2) is 6.20. The second-order valence-corrected chi connectivity index (χ2v) is 6.68. The van der Waals surface area contributed by atoms with Crippen molar-refractivity contribution in [2.45, 2.75) is 52.4 Å². The molecule has 2 N–H and O–H groups in total. The van der Waals surface area contributed by atoms with Crippen molar-refractivity contribution in [1.29, 1.82) is 0 Å². The highest BCUT2D eigenvalue weighted by Crippen LogP contribution is 2.49. The maximum absolute atomic E-state index is 4.74. The highest BCUT2D eigenvalue weighted by atomic mass is 15.1. The maximum Gasteiger partial charge on any atom is 0.134 e. The SMILES string of the molecule is CCCc1nc(NC)c(C)c(NCC(C2CC2)C2CC2)n1. The van der Waals surface area contributed by atoms with E-state index in [1.165, 1.54) is 25.7 Å². The number of aromatic nitrogens is 2. The third kappa shape index (κ3) is 3.47. The first kappa shape index (κ1) is 14.6. The van der Waals surface area contributed by atoms with Crippen molar-refractivity contribution in [3.05, 3.63) is 11.4 Å². The van der Waals surface area contributed by atoms with Crippen LogP contribution in [0.2, 0.25) is 0 Å². The van der Waals surface area contributed by atoms with Gasteiger partial charge >= 0.3 is 0 Å². The maximum atomic E-state index is 4.74. The molecule has 2 aliphatic carbocycles. The molecule has 21 heavy (non-hydrogen) atoms. The van der Waals surface area contributed by atoms with Crippen LogP contribution in [0.25, 0.3) is 0 Å². The van der Waals surface area contributed by atoms with Gasteiger partial charge in [0.05, 0.1) is 0 Å². The first-order valence-corrected chi connectivity index (χ1v) is 8.52. The van der Waals surface area contributed by atoms with E-state index in [-0.39, 0.29) is 0 Å². The monoisotopic (exact) mass is 288 g/mol. The molecule has 116 valence electrons. The van der Waals surface area contributed by atoms with E-state index in [1.807, 2.05) is 7.05 Å². The molecule has 4 heteroatoms. The van der Waals surface area contributed by atoms with Crippen molar-refractivity contribution in [3.63, 3.8) is 0 Å². The Hall–Kier alpha value is -1.32. The van der Waals surface area contributed by atoms with Crippen LogP contribution in [-0.4, -0.2) is 23.6 Å². The van der Waals surface area contributed by atoms with Crippen LogP contribution in [0.4, 0.5) is 11.6 Å². The highest BCUT2D eigenvalue weighted by Gasteiger charge is 2.41. The van der Waals surface area contributed by atoms with Crippen molar-refractivity contribution >= 4 is 11.6 Å². The van der Waals surface area contributed by atoms with Crippen molar-refractivity contribution < 1.29 is 0 Å². The van der Waals surface area contributed by atoms with Crippen LogP contribution in [-0.2, 0) is 6.42 Å². The molecule has 2 fully saturated rings. The Bertz CT molecular complexity index is 480. The fraction of sp³-hybridized carbons (Fsp3) is 0.765. The Morgan fingerprint density at radius 2 is 1.71 bits per heavy atom. The average Bonchev–Trinajstić information content (AvgIpc) is 3.36. The molecular weight excluding hydrogens is 260 g/mol. The van der Waals surface area contributed by atoms with Crippen molar-refractivity contribution in [2.24, 2.45) is 17.8 Å². The summed E-state index contributed by atoms with van der Waals surface area (Å²) in [5, 5.41) is 6.84. The Morgan fingerprint density at radius 3 is 2.24 bits per heavy atom. The zero-order valence-corrected chi connectivity index (χ0v) is 13.6. The van der Waals surface area contributed by atoms with Crippen LogP contribution in [0.1, 0.15) is 50.4 Å². The average molecular weight is 288 g/mol. The molecule has 0 amide bonds. The smallest absolute Gasteiger partial charge is 0.134 e. The van der Waals surface area contributed by atoms with E-state index in [9.17, 15) is 0 Å². The number of anilines is 2. The molecule has 0 bridgehead atoms. The van der Waals surface area contributed by atoms with Crippen molar-refractivity contribution in [2.75, 3.05) is 24.2 Å². The highest BCUT2D eigenvalue weighted by molar-refractivity contribution is 5.57. The molecule has 1 aromatic rings. The summed E-state index contributed by atoms with van der Waals surface area (Å²) in [5.74, 6) is 5.77. The summed E-state index contributed by atoms with van der Waals surface area (Å²) in [4.78, 5) is 9.34. The summed E-state index contributed by atoms with van der Waals surface area (Å²) in [6, 6.07) is 0. The molecule has 0 atom stereocenters. The molecule has 2 aliphatic rings. The first-order valence-electron chi connectivity index (χ1n) is 8.52. The van der Waals surface area contributed by atoms with Crippen LogP contribution in [0, 0.1) is 24.7 Å². The van der Waals surface area contributed by atoms with E-state index in [0.717, 1.165) is 60.2 Å². The van der Waals surface area contributed by atoms with Gasteiger partial charge in [0, 0.05) is 25.6 Å². The van der Waals surface area contributed by atoms with E-state index >= 15 is 0 Å². The molecule has 0 aliphatic heterocycles. The number of aryl methyl sites for hydroxylation is 1. The summed E-state index contributed by atoms with van der Waals surface area (Å²) >= 11 is 0. The minimum atomic E-state index is 0.868. The lowest BCUT2D eigenvalue weighted by molar-refractivity contribution is 0.427. The molecule has 0 aromatic carbocycles. The van der Waals surface area contributed by atoms with Crippen LogP contribution in [0.15, 0.2) is 0 Å². The quantitative estimate of drug-likeness (QED) is 0.767. The second-order valence-electron chi connectivity index (χ2n) is 6.68. The summed E-state index contributed by atoms with van der Waals surface area (Å²) in [5.41, 5.74) is 1.14. The van der Waals surface area contributed by atoms with E-state index < -0.39 is 0 Å². The Morgan fingerprint density at radius 1 is 1.10 bits per heavy atom. The third-order valence-corrected chi connectivity index (χ3v) is 4.86. The van der Waals surface area contributed by atoms with Gasteiger partial charge in [-0.15, -0.1) is 0 Å². The number of hydrogen-bond donors (Lipinski definition) is 2. The summed E-state index contributed by atoms with van der Waals surface area (Å²) in [6.45, 7) is 5.36. The fourth-order valence-electron chi connectivity index (χ4n) is 3.30. The zero-order valence-electron chi connectivity index (χ0n) is 13.6. The van der Waals surface area contributed by atoms with Gasteiger partial charge in [-0.3, -0.25) is 0 Å². The molecule has 1 aromatic heterocycles. The van der Waals surface area contributed by atoms with Gasteiger partial charge in [-0.05, 0) is 56.8 Å². The largest absolute Gasteiger partial charge is 0.373 e. The standard InChI is InChI=1S/C17H28N4/c1-4-5-15-20-16(18-3)11(2)17(21-15)19-10-14(12-6-7-12)13-8-9-13/h12-14H,4-10H2,1-3H3,(H2,18,19,20,21). The lowest BCUT2D eigenvalue weighted by Crippen LogP contribution is -2.20. The molecule has 1 heterocycles. The normalized spacial score (nSPS) is 18.1. The van der Waals surface area contributed by atoms with E-state index in [1.54, 1.807) is 0 Å². The van der Waals surface area contributed by atoms with Gasteiger partial charge < -0.3 is 10.6 Å². The molecular formula is C17H28N4. The first-order chi connectivity index (χ1) is 10.2. The van der Waals surface area contributed by atoms with E-state index in [4.69, 9.17) is 4.98 Å². The predicted octanol–water partition coefficient (Wildman–Crippen LogP) is 3.63. The van der Waals surface area contributed by atoms with E-state index in [2.05, 4.69) is 29.5 Å². The molecule has 0 unspecified atom stereocenters. The number of rotatable bonds is 8. The lowest BCUT2D eigenvalue weighted by atomic mass is 9.98. The van der Waals surface area contributed by atoms with Crippen LogP contribution < -0.4 is 10.6 Å². The van der Waals surface area contributed by atoms with Crippen LogP contribution >= 0.6 is 0 Å². The minimum Gasteiger partial charge on any atom is -0.373 e. The summed E-state index contributed by atoms with van der Waals surface area (Å²) in [7, 11) is 1.94. The molecule has 3 rings (SSSR count).